The molecule has 1 spiro atoms. The van der Waals surface area contributed by atoms with Crippen molar-refractivity contribution >= 4 is 17.9 Å². The number of likely N-dealkylation sites (N-methyl/N-ethyl adjacent to an activating group) is 1. The fourth-order valence-corrected chi connectivity index (χ4v) is 3.20. The Morgan fingerprint density at radius 3 is 2.63 bits per heavy atom. The molecule has 19 heavy (non-hydrogen) atoms. The lowest BCUT2D eigenvalue weighted by molar-refractivity contribution is 0.000605. The van der Waals surface area contributed by atoms with Crippen LogP contribution in [0.5, 0.6) is 0 Å². The van der Waals surface area contributed by atoms with Crippen molar-refractivity contribution in [3.8, 4) is 0 Å². The van der Waals surface area contributed by atoms with Gasteiger partial charge in [-0.1, -0.05) is 6.92 Å². The summed E-state index contributed by atoms with van der Waals surface area (Å²) in [5.74, 6) is 0. The van der Waals surface area contributed by atoms with Crippen LogP contribution >= 0.6 is 11.8 Å². The molecular weight excluding hydrogens is 260 g/mol. The summed E-state index contributed by atoms with van der Waals surface area (Å²) in [5, 5.41) is 0.732. The first-order chi connectivity index (χ1) is 9.08. The van der Waals surface area contributed by atoms with Crippen LogP contribution in [-0.2, 0) is 4.74 Å². The molecule has 0 aromatic heterocycles. The van der Waals surface area contributed by atoms with Crippen molar-refractivity contribution in [3.05, 3.63) is 0 Å². The van der Waals surface area contributed by atoms with E-state index in [0.29, 0.717) is 0 Å². The fraction of sp³-hybridized carbons (Fsp3) is 0.929. The lowest BCUT2D eigenvalue weighted by Crippen LogP contribution is -2.47. The van der Waals surface area contributed by atoms with Crippen LogP contribution < -0.4 is 0 Å². The molecule has 0 N–H and O–H groups in total. The number of carbonyl (C=O) groups is 1. The van der Waals surface area contributed by atoms with E-state index in [1.54, 1.807) is 0 Å². The lowest BCUT2D eigenvalue weighted by atomic mass is 9.91. The van der Waals surface area contributed by atoms with Crippen molar-refractivity contribution in [2.75, 3.05) is 39.0 Å². The molecule has 2 heterocycles. The van der Waals surface area contributed by atoms with Gasteiger partial charge in [0, 0.05) is 37.7 Å². The second-order valence-corrected chi connectivity index (χ2v) is 7.02. The fourth-order valence-electron chi connectivity index (χ4n) is 2.86. The maximum atomic E-state index is 11.7. The first kappa shape index (κ1) is 15.0. The van der Waals surface area contributed by atoms with Crippen LogP contribution in [0, 0.1) is 0 Å². The molecule has 0 aliphatic carbocycles. The number of ether oxygens (including phenoxy) is 1. The molecule has 5 heteroatoms. The van der Waals surface area contributed by atoms with E-state index < -0.39 is 0 Å². The number of nitrogens with zero attached hydrogens (tertiary/aromatic N) is 2. The molecule has 2 saturated heterocycles. The number of amides is 1. The van der Waals surface area contributed by atoms with E-state index in [1.165, 1.54) is 13.0 Å². The zero-order valence-electron chi connectivity index (χ0n) is 12.4. The molecule has 2 rings (SSSR count). The Kier molecular flexibility index (Phi) is 5.01. The molecule has 0 aromatic rings. The highest BCUT2D eigenvalue weighted by Crippen LogP contribution is 2.33. The molecule has 0 bridgehead atoms. The summed E-state index contributed by atoms with van der Waals surface area (Å²) < 4.78 is 5.64. The molecule has 0 aromatic carbocycles. The van der Waals surface area contributed by atoms with Gasteiger partial charge in [-0.15, -0.1) is 0 Å². The Labute approximate surface area is 120 Å². The third-order valence-corrected chi connectivity index (χ3v) is 5.48. The third-order valence-electron chi connectivity index (χ3n) is 4.44. The number of hydrogen-bond donors (Lipinski definition) is 0. The number of piperidine rings is 1. The van der Waals surface area contributed by atoms with Gasteiger partial charge in [-0.05, 0) is 26.1 Å². The monoisotopic (exact) mass is 286 g/mol. The average Bonchev–Trinajstić information content (AvgIpc) is 2.74. The molecule has 4 nitrogen and oxygen atoms in total. The standard InChI is InChI=1S/C14H26N2O2S/c1-4-16-11-14(18-13(16)17)6-9-15(10-7-14)8-5-12(2)19-3/h12H,4-11H2,1-3H3. The maximum absolute atomic E-state index is 11.7. The number of hydrogen-bond acceptors (Lipinski definition) is 4. The van der Waals surface area contributed by atoms with Crippen molar-refractivity contribution in [1.29, 1.82) is 0 Å². The Balaban J connectivity index is 1.78. The normalized spacial score (nSPS) is 24.8. The molecule has 0 saturated carbocycles. The van der Waals surface area contributed by atoms with Gasteiger partial charge in [0.2, 0.25) is 0 Å². The predicted molar refractivity (Wildman–Crippen MR) is 79.7 cm³/mol. The van der Waals surface area contributed by atoms with Crippen LogP contribution in [0.4, 0.5) is 4.79 Å². The van der Waals surface area contributed by atoms with Gasteiger partial charge in [0.25, 0.3) is 0 Å². The highest BCUT2D eigenvalue weighted by atomic mass is 32.2. The highest BCUT2D eigenvalue weighted by Gasteiger charge is 2.46. The van der Waals surface area contributed by atoms with Gasteiger partial charge in [-0.3, -0.25) is 0 Å². The van der Waals surface area contributed by atoms with E-state index in [-0.39, 0.29) is 11.7 Å². The Hall–Kier alpha value is -0.420. The van der Waals surface area contributed by atoms with Gasteiger partial charge in [-0.25, -0.2) is 4.79 Å². The Bertz CT molecular complexity index is 317. The van der Waals surface area contributed by atoms with E-state index in [4.69, 9.17) is 4.74 Å². The van der Waals surface area contributed by atoms with Gasteiger partial charge in [0.15, 0.2) is 0 Å². The smallest absolute Gasteiger partial charge is 0.410 e. The third kappa shape index (κ3) is 3.57. The second-order valence-electron chi connectivity index (χ2n) is 5.74. The second kappa shape index (κ2) is 6.35. The number of rotatable bonds is 5. The molecule has 0 radical (unpaired) electrons. The van der Waals surface area contributed by atoms with Gasteiger partial charge in [0.1, 0.15) is 5.60 Å². The molecule has 1 unspecified atom stereocenters. The molecule has 2 fully saturated rings. The lowest BCUT2D eigenvalue weighted by Gasteiger charge is -2.37. The molecular formula is C14H26N2O2S. The molecule has 2 aliphatic rings. The van der Waals surface area contributed by atoms with E-state index in [9.17, 15) is 4.79 Å². The van der Waals surface area contributed by atoms with Crippen molar-refractivity contribution in [2.24, 2.45) is 0 Å². The summed E-state index contributed by atoms with van der Waals surface area (Å²) in [6, 6.07) is 0. The highest BCUT2D eigenvalue weighted by molar-refractivity contribution is 7.99. The zero-order chi connectivity index (χ0) is 13.9. The van der Waals surface area contributed by atoms with E-state index in [2.05, 4.69) is 18.1 Å². The summed E-state index contributed by atoms with van der Waals surface area (Å²) in [6.07, 6.45) is 5.28. The predicted octanol–water partition coefficient (Wildman–Crippen LogP) is 2.43. The molecule has 1 atom stereocenters. The summed E-state index contributed by atoms with van der Waals surface area (Å²) in [7, 11) is 0. The van der Waals surface area contributed by atoms with Crippen molar-refractivity contribution < 1.29 is 9.53 Å². The summed E-state index contributed by atoms with van der Waals surface area (Å²) in [5.41, 5.74) is -0.186. The minimum absolute atomic E-state index is 0.119. The minimum atomic E-state index is -0.186. The first-order valence-electron chi connectivity index (χ1n) is 7.31. The molecule has 110 valence electrons. The van der Waals surface area contributed by atoms with Crippen molar-refractivity contribution in [1.82, 2.24) is 9.80 Å². The van der Waals surface area contributed by atoms with E-state index in [1.807, 2.05) is 23.6 Å². The van der Waals surface area contributed by atoms with Gasteiger partial charge in [0.05, 0.1) is 6.54 Å². The average molecular weight is 286 g/mol. The zero-order valence-corrected chi connectivity index (χ0v) is 13.2. The maximum Gasteiger partial charge on any atom is 0.410 e. The Morgan fingerprint density at radius 1 is 1.42 bits per heavy atom. The quantitative estimate of drug-likeness (QED) is 0.777. The van der Waals surface area contributed by atoms with Crippen molar-refractivity contribution in [2.45, 2.75) is 44.0 Å². The van der Waals surface area contributed by atoms with Gasteiger partial charge in [-0.2, -0.15) is 11.8 Å². The minimum Gasteiger partial charge on any atom is -0.441 e. The largest absolute Gasteiger partial charge is 0.441 e. The summed E-state index contributed by atoms with van der Waals surface area (Å²) >= 11 is 1.93. The first-order valence-corrected chi connectivity index (χ1v) is 8.60. The number of thioether (sulfide) groups is 1. The summed E-state index contributed by atoms with van der Waals surface area (Å²) in [4.78, 5) is 16.0. The van der Waals surface area contributed by atoms with Gasteiger partial charge < -0.3 is 14.5 Å². The van der Waals surface area contributed by atoms with Crippen molar-refractivity contribution in [3.63, 3.8) is 0 Å². The SMILES string of the molecule is CCN1CC2(CCN(CCC(C)SC)CC2)OC1=O. The Morgan fingerprint density at radius 2 is 2.11 bits per heavy atom. The number of likely N-dealkylation sites (tertiary alicyclic amines) is 1. The molecule has 2 aliphatic heterocycles. The van der Waals surface area contributed by atoms with Crippen LogP contribution in [0.2, 0.25) is 0 Å². The van der Waals surface area contributed by atoms with Crippen LogP contribution in [0.25, 0.3) is 0 Å². The van der Waals surface area contributed by atoms with E-state index in [0.717, 1.165) is 44.3 Å². The van der Waals surface area contributed by atoms with Crippen LogP contribution in [0.3, 0.4) is 0 Å². The van der Waals surface area contributed by atoms with Crippen LogP contribution in [-0.4, -0.2) is 65.7 Å². The topological polar surface area (TPSA) is 32.8 Å². The van der Waals surface area contributed by atoms with E-state index >= 15 is 0 Å². The summed E-state index contributed by atoms with van der Waals surface area (Å²) in [6.45, 7) is 9.14. The van der Waals surface area contributed by atoms with Gasteiger partial charge >= 0.3 is 6.09 Å². The van der Waals surface area contributed by atoms with Crippen LogP contribution in [0.15, 0.2) is 0 Å². The molecule has 1 amide bonds. The number of carbonyl (C=O) groups excluding carboxylic acids is 1. The van der Waals surface area contributed by atoms with Crippen LogP contribution in [0.1, 0.15) is 33.1 Å².